The van der Waals surface area contributed by atoms with Gasteiger partial charge in [0.1, 0.15) is 11.9 Å². The first-order valence-corrected chi connectivity index (χ1v) is 6.43. The Morgan fingerprint density at radius 2 is 2.16 bits per heavy atom. The molecule has 2 unspecified atom stereocenters. The number of likely N-dealkylation sites (tertiary alicyclic amines) is 1. The van der Waals surface area contributed by atoms with E-state index in [1.54, 1.807) is 0 Å². The predicted octanol–water partition coefficient (Wildman–Crippen LogP) is 0.649. The van der Waals surface area contributed by atoms with E-state index in [1.165, 1.54) is 18.2 Å². The second-order valence-corrected chi connectivity index (χ2v) is 5.31. The monoisotopic (exact) mass is 330 g/mol. The molecule has 0 saturated carbocycles. The Bertz CT molecular complexity index is 538. The van der Waals surface area contributed by atoms with Crippen LogP contribution in [-0.4, -0.2) is 40.5 Å². The molecule has 102 valence electrons. The van der Waals surface area contributed by atoms with Crippen LogP contribution in [0.2, 0.25) is 0 Å². The van der Waals surface area contributed by atoms with Crippen molar-refractivity contribution < 1.29 is 19.1 Å². The summed E-state index contributed by atoms with van der Waals surface area (Å²) in [7, 11) is 0. The molecule has 2 atom stereocenters. The van der Waals surface area contributed by atoms with Gasteiger partial charge in [-0.2, -0.15) is 0 Å². The topological polar surface area (TPSA) is 83.6 Å². The van der Waals surface area contributed by atoms with Gasteiger partial charge in [0, 0.05) is 17.4 Å². The van der Waals surface area contributed by atoms with Gasteiger partial charge in [0.2, 0.25) is 5.91 Å². The fourth-order valence-corrected chi connectivity index (χ4v) is 2.46. The van der Waals surface area contributed by atoms with Gasteiger partial charge in [-0.25, -0.2) is 4.39 Å². The summed E-state index contributed by atoms with van der Waals surface area (Å²) in [5.41, 5.74) is 5.03. The summed E-state index contributed by atoms with van der Waals surface area (Å²) in [4.78, 5) is 24.5. The number of carbonyl (C=O) groups excluding carboxylic acids is 2. The molecule has 5 nitrogen and oxygen atoms in total. The molecule has 0 bridgehead atoms. The SMILES string of the molecule is NC(=O)C1CC(O)CN1C(=O)c1ccc(Br)cc1F. The number of amides is 2. The fraction of sp³-hybridized carbons (Fsp3) is 0.333. The van der Waals surface area contributed by atoms with Crippen molar-refractivity contribution in [2.24, 2.45) is 5.73 Å². The van der Waals surface area contributed by atoms with Crippen molar-refractivity contribution >= 4 is 27.7 Å². The number of nitrogens with zero attached hydrogens (tertiary/aromatic N) is 1. The van der Waals surface area contributed by atoms with Crippen LogP contribution < -0.4 is 5.73 Å². The zero-order valence-electron chi connectivity index (χ0n) is 9.85. The lowest BCUT2D eigenvalue weighted by atomic mass is 10.1. The average molecular weight is 331 g/mol. The summed E-state index contributed by atoms with van der Waals surface area (Å²) >= 11 is 3.09. The lowest BCUT2D eigenvalue weighted by molar-refractivity contribution is -0.121. The zero-order valence-corrected chi connectivity index (χ0v) is 11.4. The third kappa shape index (κ3) is 2.76. The maximum atomic E-state index is 13.7. The molecule has 7 heteroatoms. The Morgan fingerprint density at radius 3 is 2.74 bits per heavy atom. The highest BCUT2D eigenvalue weighted by molar-refractivity contribution is 9.10. The number of hydrogen-bond donors (Lipinski definition) is 2. The van der Waals surface area contributed by atoms with Crippen molar-refractivity contribution in [3.63, 3.8) is 0 Å². The van der Waals surface area contributed by atoms with E-state index in [2.05, 4.69) is 15.9 Å². The highest BCUT2D eigenvalue weighted by Gasteiger charge is 2.38. The van der Waals surface area contributed by atoms with E-state index in [1.807, 2.05) is 0 Å². The first-order valence-electron chi connectivity index (χ1n) is 5.63. The molecule has 0 spiro atoms. The van der Waals surface area contributed by atoms with Gasteiger partial charge in [-0.1, -0.05) is 15.9 Å². The molecule has 3 N–H and O–H groups in total. The third-order valence-corrected chi connectivity index (χ3v) is 3.52. The molecule has 1 heterocycles. The Morgan fingerprint density at radius 1 is 1.47 bits per heavy atom. The summed E-state index contributed by atoms with van der Waals surface area (Å²) in [5.74, 6) is -2.04. The number of hydrogen-bond acceptors (Lipinski definition) is 3. The van der Waals surface area contributed by atoms with E-state index in [0.29, 0.717) is 4.47 Å². The van der Waals surface area contributed by atoms with Gasteiger partial charge < -0.3 is 15.7 Å². The quantitative estimate of drug-likeness (QED) is 0.835. The molecular weight excluding hydrogens is 319 g/mol. The van der Waals surface area contributed by atoms with Gasteiger partial charge in [0.15, 0.2) is 0 Å². The van der Waals surface area contributed by atoms with Gasteiger partial charge in [-0.3, -0.25) is 9.59 Å². The van der Waals surface area contributed by atoms with Gasteiger partial charge in [0.25, 0.3) is 5.91 Å². The second-order valence-electron chi connectivity index (χ2n) is 4.39. The number of β-amino-alcohol motifs (C(OH)–C–C–N with tert-alkyl or cyclic N) is 1. The van der Waals surface area contributed by atoms with Crippen LogP contribution >= 0.6 is 15.9 Å². The molecule has 0 aliphatic carbocycles. The van der Waals surface area contributed by atoms with E-state index in [4.69, 9.17) is 5.73 Å². The van der Waals surface area contributed by atoms with Crippen molar-refractivity contribution in [2.45, 2.75) is 18.6 Å². The van der Waals surface area contributed by atoms with Crippen LogP contribution in [0.1, 0.15) is 16.8 Å². The van der Waals surface area contributed by atoms with E-state index in [9.17, 15) is 19.1 Å². The predicted molar refractivity (Wildman–Crippen MR) is 68.7 cm³/mol. The number of carbonyl (C=O) groups is 2. The largest absolute Gasteiger partial charge is 0.391 e. The van der Waals surface area contributed by atoms with Crippen LogP contribution in [-0.2, 0) is 4.79 Å². The second kappa shape index (κ2) is 5.26. The first kappa shape index (κ1) is 14.0. The summed E-state index contributed by atoms with van der Waals surface area (Å²) < 4.78 is 14.2. The standard InChI is InChI=1S/C12H12BrFN2O3/c13-6-1-2-8(9(14)3-6)12(19)16-5-7(17)4-10(16)11(15)18/h1-3,7,10,17H,4-5H2,(H2,15,18). The maximum absolute atomic E-state index is 13.7. The smallest absolute Gasteiger partial charge is 0.257 e. The molecule has 2 amide bonds. The first-order chi connectivity index (χ1) is 8.90. The average Bonchev–Trinajstić information content (AvgIpc) is 2.70. The van der Waals surface area contributed by atoms with Crippen molar-refractivity contribution in [1.29, 1.82) is 0 Å². The number of aliphatic hydroxyl groups is 1. The van der Waals surface area contributed by atoms with E-state index >= 15 is 0 Å². The minimum atomic E-state index is -0.898. The number of halogens is 2. The molecule has 1 fully saturated rings. The highest BCUT2D eigenvalue weighted by atomic mass is 79.9. The number of rotatable bonds is 2. The zero-order chi connectivity index (χ0) is 14.2. The van der Waals surface area contributed by atoms with Crippen LogP contribution in [0.25, 0.3) is 0 Å². The summed E-state index contributed by atoms with van der Waals surface area (Å²) in [6.07, 6.45) is -0.737. The molecule has 2 rings (SSSR count). The van der Waals surface area contributed by atoms with Crippen molar-refractivity contribution in [1.82, 2.24) is 4.90 Å². The van der Waals surface area contributed by atoms with Gasteiger partial charge in [-0.05, 0) is 18.2 Å². The lowest BCUT2D eigenvalue weighted by Gasteiger charge is -2.22. The highest BCUT2D eigenvalue weighted by Crippen LogP contribution is 2.23. The summed E-state index contributed by atoms with van der Waals surface area (Å²) in [6.45, 7) is -0.0258. The molecule has 19 heavy (non-hydrogen) atoms. The van der Waals surface area contributed by atoms with Crippen LogP contribution in [0, 0.1) is 5.82 Å². The Hall–Kier alpha value is -1.47. The molecule has 0 aromatic heterocycles. The van der Waals surface area contributed by atoms with Crippen LogP contribution in [0.3, 0.4) is 0 Å². The van der Waals surface area contributed by atoms with E-state index in [0.717, 1.165) is 4.90 Å². The van der Waals surface area contributed by atoms with E-state index < -0.39 is 29.8 Å². The normalized spacial score (nSPS) is 22.6. The minimum absolute atomic E-state index is 0.0258. The number of aliphatic hydroxyl groups excluding tert-OH is 1. The van der Waals surface area contributed by atoms with Crippen LogP contribution in [0.15, 0.2) is 22.7 Å². The van der Waals surface area contributed by atoms with Crippen LogP contribution in [0.5, 0.6) is 0 Å². The summed E-state index contributed by atoms with van der Waals surface area (Å²) in [5, 5.41) is 9.53. The van der Waals surface area contributed by atoms with Crippen molar-refractivity contribution in [3.05, 3.63) is 34.1 Å². The molecule has 1 aliphatic rings. The number of nitrogens with two attached hydrogens (primary N) is 1. The van der Waals surface area contributed by atoms with Crippen LogP contribution in [0.4, 0.5) is 4.39 Å². The van der Waals surface area contributed by atoms with Gasteiger partial charge >= 0.3 is 0 Å². The molecule has 1 saturated heterocycles. The number of primary amides is 1. The van der Waals surface area contributed by atoms with Crippen molar-refractivity contribution in [3.8, 4) is 0 Å². The Kier molecular flexibility index (Phi) is 3.86. The minimum Gasteiger partial charge on any atom is -0.391 e. The van der Waals surface area contributed by atoms with Crippen molar-refractivity contribution in [2.75, 3.05) is 6.54 Å². The summed E-state index contributed by atoms with van der Waals surface area (Å²) in [6, 6.07) is 3.12. The third-order valence-electron chi connectivity index (χ3n) is 3.03. The van der Waals surface area contributed by atoms with Gasteiger partial charge in [-0.15, -0.1) is 0 Å². The molecule has 1 aromatic carbocycles. The molecular formula is C12H12BrFN2O3. The number of benzene rings is 1. The molecule has 0 radical (unpaired) electrons. The maximum Gasteiger partial charge on any atom is 0.257 e. The Labute approximate surface area is 117 Å². The lowest BCUT2D eigenvalue weighted by Crippen LogP contribution is -2.44. The molecule has 1 aromatic rings. The van der Waals surface area contributed by atoms with Gasteiger partial charge in [0.05, 0.1) is 11.7 Å². The molecule has 1 aliphatic heterocycles. The van der Waals surface area contributed by atoms with E-state index in [-0.39, 0.29) is 18.5 Å². The Balaban J connectivity index is 2.30. The fourth-order valence-electron chi connectivity index (χ4n) is 2.13.